The first-order valence-corrected chi connectivity index (χ1v) is 8.35. The number of hydrogen-bond donors (Lipinski definition) is 1. The van der Waals surface area contributed by atoms with Crippen molar-refractivity contribution < 1.29 is 32.5 Å². The number of rotatable bonds is 3. The standard InChI is InChI=1S/C17H8Cl3F3O4/c18-9-2-1-3-11(14(9)20)26-13-6-12-7(5-10(13)19)4-8(16(24)25)15(27-12)17(21,22)23/h1-6,15H,(H,24,25). The second-order valence-corrected chi connectivity index (χ2v) is 6.61. The predicted molar refractivity (Wildman–Crippen MR) is 94.1 cm³/mol. The van der Waals surface area contributed by atoms with Gasteiger partial charge in [0.25, 0.3) is 0 Å². The van der Waals surface area contributed by atoms with E-state index in [1.165, 1.54) is 18.2 Å². The first-order chi connectivity index (χ1) is 12.6. The van der Waals surface area contributed by atoms with Crippen LogP contribution in [0.5, 0.6) is 17.2 Å². The van der Waals surface area contributed by atoms with Crippen LogP contribution in [0.2, 0.25) is 15.1 Å². The highest BCUT2D eigenvalue weighted by atomic mass is 35.5. The lowest BCUT2D eigenvalue weighted by atomic mass is 10.0. The summed E-state index contributed by atoms with van der Waals surface area (Å²) in [6, 6.07) is 6.95. The van der Waals surface area contributed by atoms with Crippen LogP contribution in [0.15, 0.2) is 35.9 Å². The molecule has 1 heterocycles. The summed E-state index contributed by atoms with van der Waals surface area (Å²) in [5.41, 5.74) is -0.875. The number of hydrogen-bond acceptors (Lipinski definition) is 3. The van der Waals surface area contributed by atoms with E-state index < -0.39 is 23.8 Å². The van der Waals surface area contributed by atoms with Crippen molar-refractivity contribution in [1.29, 1.82) is 0 Å². The Balaban J connectivity index is 2.04. The van der Waals surface area contributed by atoms with E-state index in [2.05, 4.69) is 0 Å². The Bertz CT molecular complexity index is 957. The van der Waals surface area contributed by atoms with Gasteiger partial charge in [-0.3, -0.25) is 0 Å². The molecule has 2 aromatic carbocycles. The summed E-state index contributed by atoms with van der Waals surface area (Å²) in [6.07, 6.45) is -6.67. The number of benzene rings is 2. The average molecular weight is 440 g/mol. The number of alkyl halides is 3. The Hall–Kier alpha value is -2.09. The molecule has 142 valence electrons. The Morgan fingerprint density at radius 2 is 1.81 bits per heavy atom. The molecule has 0 fully saturated rings. The molecular weight excluding hydrogens is 432 g/mol. The fourth-order valence-electron chi connectivity index (χ4n) is 2.38. The average Bonchev–Trinajstić information content (AvgIpc) is 2.57. The van der Waals surface area contributed by atoms with Crippen molar-refractivity contribution in [3.05, 3.63) is 56.5 Å². The molecular formula is C17H8Cl3F3O4. The van der Waals surface area contributed by atoms with Crippen molar-refractivity contribution >= 4 is 46.8 Å². The summed E-state index contributed by atoms with van der Waals surface area (Å²) >= 11 is 18.0. The van der Waals surface area contributed by atoms with E-state index in [1.807, 2.05) is 0 Å². The van der Waals surface area contributed by atoms with Gasteiger partial charge >= 0.3 is 12.1 Å². The summed E-state index contributed by atoms with van der Waals surface area (Å²) in [6.45, 7) is 0. The molecule has 0 saturated carbocycles. The van der Waals surface area contributed by atoms with Gasteiger partial charge < -0.3 is 14.6 Å². The van der Waals surface area contributed by atoms with Crippen molar-refractivity contribution in [3.63, 3.8) is 0 Å². The molecule has 27 heavy (non-hydrogen) atoms. The van der Waals surface area contributed by atoms with Gasteiger partial charge in [0, 0.05) is 11.6 Å². The Kier molecular flexibility index (Phi) is 5.20. The first-order valence-electron chi connectivity index (χ1n) is 7.21. The van der Waals surface area contributed by atoms with Gasteiger partial charge in [-0.25, -0.2) is 4.79 Å². The van der Waals surface area contributed by atoms with Crippen LogP contribution in [0, 0.1) is 0 Å². The zero-order chi connectivity index (χ0) is 19.9. The monoisotopic (exact) mass is 438 g/mol. The van der Waals surface area contributed by atoms with Crippen molar-refractivity contribution in [3.8, 4) is 17.2 Å². The Morgan fingerprint density at radius 3 is 2.44 bits per heavy atom. The van der Waals surface area contributed by atoms with Crippen LogP contribution in [-0.4, -0.2) is 23.4 Å². The number of carboxylic acids is 1. The quantitative estimate of drug-likeness (QED) is 0.616. The molecule has 1 aliphatic rings. The minimum absolute atomic E-state index is 0.0137. The third-order valence-electron chi connectivity index (χ3n) is 3.58. The van der Waals surface area contributed by atoms with E-state index in [0.29, 0.717) is 0 Å². The van der Waals surface area contributed by atoms with Gasteiger partial charge in [0.05, 0.1) is 15.6 Å². The molecule has 1 unspecified atom stereocenters. The number of carboxylic acid groups (broad SMARTS) is 1. The van der Waals surface area contributed by atoms with Crippen LogP contribution in [0.1, 0.15) is 5.56 Å². The maximum Gasteiger partial charge on any atom is 0.430 e. The molecule has 10 heteroatoms. The zero-order valence-electron chi connectivity index (χ0n) is 13.0. The van der Waals surface area contributed by atoms with Gasteiger partial charge in [-0.1, -0.05) is 40.9 Å². The lowest BCUT2D eigenvalue weighted by Crippen LogP contribution is -2.40. The summed E-state index contributed by atoms with van der Waals surface area (Å²) in [4.78, 5) is 11.2. The summed E-state index contributed by atoms with van der Waals surface area (Å²) in [5, 5.41) is 9.36. The van der Waals surface area contributed by atoms with E-state index in [1.54, 1.807) is 6.07 Å². The lowest BCUT2D eigenvalue weighted by Gasteiger charge is -2.27. The molecule has 3 rings (SSSR count). The van der Waals surface area contributed by atoms with E-state index in [-0.39, 0.29) is 37.9 Å². The normalized spacial score (nSPS) is 16.2. The van der Waals surface area contributed by atoms with Crippen LogP contribution in [0.4, 0.5) is 13.2 Å². The van der Waals surface area contributed by atoms with Gasteiger partial charge in [0.15, 0.2) is 0 Å². The van der Waals surface area contributed by atoms with Gasteiger partial charge in [-0.05, 0) is 24.3 Å². The van der Waals surface area contributed by atoms with Crippen LogP contribution in [-0.2, 0) is 4.79 Å². The van der Waals surface area contributed by atoms with E-state index in [0.717, 1.165) is 12.1 Å². The molecule has 0 radical (unpaired) electrons. The van der Waals surface area contributed by atoms with E-state index in [4.69, 9.17) is 49.4 Å². The smallest absolute Gasteiger partial charge is 0.430 e. The highest BCUT2D eigenvalue weighted by Crippen LogP contribution is 2.43. The third kappa shape index (κ3) is 3.95. The van der Waals surface area contributed by atoms with E-state index >= 15 is 0 Å². The van der Waals surface area contributed by atoms with Gasteiger partial charge in [0.2, 0.25) is 6.10 Å². The summed E-state index contributed by atoms with van der Waals surface area (Å²) < 4.78 is 49.9. The Labute approximate surface area is 165 Å². The number of ether oxygens (including phenoxy) is 2. The first kappa shape index (κ1) is 19.7. The van der Waals surface area contributed by atoms with Gasteiger partial charge in [0.1, 0.15) is 22.3 Å². The number of carbonyl (C=O) groups is 1. The SMILES string of the molecule is O=C(O)C1=Cc2cc(Cl)c(Oc3cccc(Cl)c3Cl)cc2OC1C(F)(F)F. The summed E-state index contributed by atoms with van der Waals surface area (Å²) in [5.74, 6) is -1.88. The molecule has 1 N–H and O–H groups in total. The maximum atomic E-state index is 13.2. The van der Waals surface area contributed by atoms with Crippen LogP contribution in [0.3, 0.4) is 0 Å². The molecule has 0 aliphatic carbocycles. The highest BCUT2D eigenvalue weighted by Gasteiger charge is 2.48. The van der Waals surface area contributed by atoms with Gasteiger partial charge in [-0.15, -0.1) is 0 Å². The second kappa shape index (κ2) is 7.14. The van der Waals surface area contributed by atoms with E-state index in [9.17, 15) is 18.0 Å². The van der Waals surface area contributed by atoms with Crippen LogP contribution in [0.25, 0.3) is 6.08 Å². The molecule has 0 bridgehead atoms. The Morgan fingerprint density at radius 1 is 1.11 bits per heavy atom. The second-order valence-electron chi connectivity index (χ2n) is 5.42. The fourth-order valence-corrected chi connectivity index (χ4v) is 2.92. The largest absolute Gasteiger partial charge is 0.478 e. The van der Waals surface area contributed by atoms with Crippen molar-refractivity contribution in [1.82, 2.24) is 0 Å². The highest BCUT2D eigenvalue weighted by molar-refractivity contribution is 6.43. The minimum Gasteiger partial charge on any atom is -0.478 e. The number of aliphatic carboxylic acids is 1. The molecule has 2 aromatic rings. The molecule has 1 atom stereocenters. The molecule has 0 aromatic heterocycles. The molecule has 4 nitrogen and oxygen atoms in total. The van der Waals surface area contributed by atoms with Crippen molar-refractivity contribution in [2.75, 3.05) is 0 Å². The van der Waals surface area contributed by atoms with Crippen LogP contribution < -0.4 is 9.47 Å². The number of fused-ring (bicyclic) bond motifs is 1. The number of halogens is 6. The van der Waals surface area contributed by atoms with Gasteiger partial charge in [-0.2, -0.15) is 13.2 Å². The molecule has 1 aliphatic heterocycles. The van der Waals surface area contributed by atoms with Crippen LogP contribution >= 0.6 is 34.8 Å². The molecule has 0 amide bonds. The lowest BCUT2D eigenvalue weighted by molar-refractivity contribution is -0.187. The van der Waals surface area contributed by atoms with Crippen molar-refractivity contribution in [2.24, 2.45) is 0 Å². The van der Waals surface area contributed by atoms with Crippen molar-refractivity contribution in [2.45, 2.75) is 12.3 Å². The molecule has 0 saturated heterocycles. The minimum atomic E-state index is -4.92. The topological polar surface area (TPSA) is 55.8 Å². The fraction of sp³-hybridized carbons (Fsp3) is 0.118. The maximum absolute atomic E-state index is 13.2. The molecule has 0 spiro atoms. The third-order valence-corrected chi connectivity index (χ3v) is 4.68. The summed E-state index contributed by atoms with van der Waals surface area (Å²) in [7, 11) is 0. The zero-order valence-corrected chi connectivity index (χ0v) is 15.2. The predicted octanol–water partition coefficient (Wildman–Crippen LogP) is 6.23.